The summed E-state index contributed by atoms with van der Waals surface area (Å²) in [6, 6.07) is 3.11. The number of ether oxygens (including phenoxy) is 2. The van der Waals surface area contributed by atoms with Crippen molar-refractivity contribution in [2.24, 2.45) is 0 Å². The Labute approximate surface area is 144 Å². The van der Waals surface area contributed by atoms with Gasteiger partial charge in [-0.15, -0.1) is 11.3 Å². The number of nitrogens with zero attached hydrogens (tertiary/aromatic N) is 1. The number of morpholine rings is 1. The van der Waals surface area contributed by atoms with Gasteiger partial charge >= 0.3 is 5.97 Å². The van der Waals surface area contributed by atoms with Crippen molar-refractivity contribution < 1.29 is 27.5 Å². The van der Waals surface area contributed by atoms with Crippen LogP contribution in [0.2, 0.25) is 0 Å². The molecule has 1 amide bonds. The van der Waals surface area contributed by atoms with E-state index in [1.165, 1.54) is 13.0 Å². The van der Waals surface area contributed by atoms with Crippen LogP contribution in [0.3, 0.4) is 0 Å². The molecule has 1 saturated heterocycles. The zero-order valence-corrected chi connectivity index (χ0v) is 14.9. The lowest BCUT2D eigenvalue weighted by Gasteiger charge is -2.28. The second-order valence-corrected chi connectivity index (χ2v) is 8.09. The monoisotopic (exact) mass is 376 g/mol. The minimum absolute atomic E-state index is 0.0858. The number of hydrogen-bond acceptors (Lipinski definition) is 7. The molecule has 10 heteroatoms. The van der Waals surface area contributed by atoms with Gasteiger partial charge in [0.2, 0.25) is 10.0 Å². The summed E-state index contributed by atoms with van der Waals surface area (Å²) >= 11 is 1.09. The van der Waals surface area contributed by atoms with Gasteiger partial charge in [0, 0.05) is 19.6 Å². The van der Waals surface area contributed by atoms with Crippen molar-refractivity contribution in [3.8, 4) is 0 Å². The Morgan fingerprint density at radius 3 is 2.75 bits per heavy atom. The molecule has 0 spiro atoms. The zero-order chi connectivity index (χ0) is 17.6. The molecule has 0 radical (unpaired) electrons. The summed E-state index contributed by atoms with van der Waals surface area (Å²) in [6.45, 7) is 3.31. The maximum Gasteiger partial charge on any atom is 0.307 e. The smallest absolute Gasteiger partial charge is 0.307 e. The highest BCUT2D eigenvalue weighted by molar-refractivity contribution is 7.91. The number of hydrogen-bond donors (Lipinski definition) is 1. The van der Waals surface area contributed by atoms with Gasteiger partial charge in [-0.1, -0.05) is 6.07 Å². The molecule has 1 fully saturated rings. The van der Waals surface area contributed by atoms with Crippen LogP contribution in [-0.4, -0.2) is 64.1 Å². The van der Waals surface area contributed by atoms with Crippen LogP contribution in [0.15, 0.2) is 21.7 Å². The average molecular weight is 376 g/mol. The van der Waals surface area contributed by atoms with Crippen molar-refractivity contribution >= 4 is 33.2 Å². The highest BCUT2D eigenvalue weighted by Gasteiger charge is 2.25. The van der Waals surface area contributed by atoms with Crippen molar-refractivity contribution in [3.05, 3.63) is 17.5 Å². The first-order chi connectivity index (χ1) is 11.4. The summed E-state index contributed by atoms with van der Waals surface area (Å²) in [4.78, 5) is 25.5. The molecule has 2 rings (SSSR count). The van der Waals surface area contributed by atoms with Crippen LogP contribution in [-0.2, 0) is 29.1 Å². The van der Waals surface area contributed by atoms with E-state index in [1.807, 2.05) is 0 Å². The van der Waals surface area contributed by atoms with Crippen LogP contribution in [0.25, 0.3) is 0 Å². The molecular formula is C14H20N2O6S2. The van der Waals surface area contributed by atoms with Gasteiger partial charge in [-0.05, 0) is 18.4 Å². The molecule has 1 N–H and O–H groups in total. The van der Waals surface area contributed by atoms with E-state index in [1.54, 1.807) is 16.3 Å². The number of sulfonamides is 1. The summed E-state index contributed by atoms with van der Waals surface area (Å²) in [5, 5.41) is 1.65. The van der Waals surface area contributed by atoms with Gasteiger partial charge < -0.3 is 14.4 Å². The Hall–Kier alpha value is -1.49. The first-order valence-corrected chi connectivity index (χ1v) is 9.85. The van der Waals surface area contributed by atoms with Crippen LogP contribution >= 0.6 is 11.3 Å². The van der Waals surface area contributed by atoms with Crippen LogP contribution in [0.5, 0.6) is 0 Å². The van der Waals surface area contributed by atoms with E-state index in [0.29, 0.717) is 26.3 Å². The molecule has 24 heavy (non-hydrogen) atoms. The largest absolute Gasteiger partial charge is 0.452 e. The average Bonchev–Trinajstić information content (AvgIpc) is 3.10. The molecule has 0 saturated carbocycles. The molecule has 2 heterocycles. The Kier molecular flexibility index (Phi) is 6.72. The van der Waals surface area contributed by atoms with Gasteiger partial charge in [0.25, 0.3) is 5.91 Å². The van der Waals surface area contributed by atoms with E-state index >= 15 is 0 Å². The number of rotatable bonds is 7. The number of amides is 1. The van der Waals surface area contributed by atoms with Gasteiger partial charge in [-0.3, -0.25) is 9.59 Å². The normalized spacial score (nSPS) is 16.6. The third-order valence-corrected chi connectivity index (χ3v) is 6.22. The molecule has 1 unspecified atom stereocenters. The quantitative estimate of drug-likeness (QED) is 0.683. The van der Waals surface area contributed by atoms with Gasteiger partial charge in [-0.2, -0.15) is 0 Å². The number of nitrogens with one attached hydrogen (secondary N) is 1. The first-order valence-electron chi connectivity index (χ1n) is 7.49. The van der Waals surface area contributed by atoms with Crippen molar-refractivity contribution in [1.82, 2.24) is 9.62 Å². The summed E-state index contributed by atoms with van der Waals surface area (Å²) in [6.07, 6.45) is -1.05. The third-order valence-electron chi connectivity index (χ3n) is 3.36. The minimum Gasteiger partial charge on any atom is -0.452 e. The van der Waals surface area contributed by atoms with Gasteiger partial charge in [0.15, 0.2) is 6.10 Å². The summed E-state index contributed by atoms with van der Waals surface area (Å²) in [7, 11) is -3.60. The number of thiophene rings is 1. The van der Waals surface area contributed by atoms with Gasteiger partial charge in [0.05, 0.1) is 19.6 Å². The van der Waals surface area contributed by atoms with E-state index in [0.717, 1.165) is 11.3 Å². The Morgan fingerprint density at radius 2 is 2.12 bits per heavy atom. The number of carbonyl (C=O) groups excluding carboxylic acids is 2. The highest BCUT2D eigenvalue weighted by Crippen LogP contribution is 2.15. The van der Waals surface area contributed by atoms with E-state index in [-0.39, 0.29) is 23.1 Å². The fourth-order valence-corrected chi connectivity index (χ4v) is 4.19. The van der Waals surface area contributed by atoms with Crippen molar-refractivity contribution in [1.29, 1.82) is 0 Å². The van der Waals surface area contributed by atoms with E-state index in [2.05, 4.69) is 4.72 Å². The van der Waals surface area contributed by atoms with Crippen molar-refractivity contribution in [3.63, 3.8) is 0 Å². The van der Waals surface area contributed by atoms with Crippen molar-refractivity contribution in [2.45, 2.75) is 23.7 Å². The standard InChI is InChI=1S/C14H20N2O6S2/c1-11(14(18)16-6-8-21-9-7-16)22-12(17)4-5-15-24(19,20)13-3-2-10-23-13/h2-3,10-11,15H,4-9H2,1H3. The molecule has 1 aromatic heterocycles. The van der Waals surface area contributed by atoms with Gasteiger partial charge in [0.1, 0.15) is 4.21 Å². The molecule has 1 aliphatic rings. The maximum atomic E-state index is 12.1. The maximum absolute atomic E-state index is 12.1. The minimum atomic E-state index is -3.60. The third kappa shape index (κ3) is 5.26. The summed E-state index contributed by atoms with van der Waals surface area (Å²) < 4.78 is 36.5. The predicted octanol–water partition coefficient (Wildman–Crippen LogP) is 0.207. The van der Waals surface area contributed by atoms with E-state index < -0.39 is 22.1 Å². The predicted molar refractivity (Wildman–Crippen MR) is 87.1 cm³/mol. The first kappa shape index (κ1) is 18.8. The number of carbonyl (C=O) groups is 2. The molecule has 1 atom stereocenters. The lowest BCUT2D eigenvalue weighted by Crippen LogP contribution is -2.46. The Morgan fingerprint density at radius 1 is 1.42 bits per heavy atom. The zero-order valence-electron chi connectivity index (χ0n) is 13.3. The van der Waals surface area contributed by atoms with Crippen molar-refractivity contribution in [2.75, 3.05) is 32.8 Å². The Balaban J connectivity index is 1.73. The lowest BCUT2D eigenvalue weighted by atomic mass is 10.3. The summed E-state index contributed by atoms with van der Waals surface area (Å²) in [5.41, 5.74) is 0. The van der Waals surface area contributed by atoms with Crippen LogP contribution in [0.1, 0.15) is 13.3 Å². The molecular weight excluding hydrogens is 356 g/mol. The highest BCUT2D eigenvalue weighted by atomic mass is 32.2. The molecule has 8 nitrogen and oxygen atoms in total. The van der Waals surface area contributed by atoms with Crippen LogP contribution in [0.4, 0.5) is 0 Å². The van der Waals surface area contributed by atoms with Crippen LogP contribution < -0.4 is 4.72 Å². The molecule has 0 aromatic carbocycles. The Bertz CT molecular complexity index is 653. The van der Waals surface area contributed by atoms with Gasteiger partial charge in [-0.25, -0.2) is 13.1 Å². The molecule has 0 aliphatic carbocycles. The second kappa shape index (κ2) is 8.56. The van der Waals surface area contributed by atoms with E-state index in [9.17, 15) is 18.0 Å². The fourth-order valence-electron chi connectivity index (χ4n) is 2.12. The SMILES string of the molecule is CC(OC(=O)CCNS(=O)(=O)c1cccs1)C(=O)N1CCOCC1. The topological polar surface area (TPSA) is 102 Å². The molecule has 134 valence electrons. The lowest BCUT2D eigenvalue weighted by molar-refractivity contribution is -0.160. The molecule has 1 aliphatic heterocycles. The molecule has 1 aromatic rings. The van der Waals surface area contributed by atoms with E-state index in [4.69, 9.17) is 9.47 Å². The molecule has 0 bridgehead atoms. The fraction of sp³-hybridized carbons (Fsp3) is 0.571. The second-order valence-electron chi connectivity index (χ2n) is 5.15. The number of esters is 1. The van der Waals surface area contributed by atoms with Crippen LogP contribution in [0, 0.1) is 0 Å². The summed E-state index contributed by atoms with van der Waals surface area (Å²) in [5.74, 6) is -0.899.